The molecular weight excluding hydrogens is 282 g/mol. The van der Waals surface area contributed by atoms with Crippen LogP contribution in [0.1, 0.15) is 12.5 Å². The smallest absolute Gasteiger partial charge is 0.191 e. The largest absolute Gasteiger partial charge is 0.497 e. The molecule has 0 heterocycles. The van der Waals surface area contributed by atoms with Crippen LogP contribution in [0.15, 0.2) is 59.7 Å². The summed E-state index contributed by atoms with van der Waals surface area (Å²) in [6.45, 7) is 1.92. The van der Waals surface area contributed by atoms with Gasteiger partial charge < -0.3 is 10.1 Å². The first-order valence-electron chi connectivity index (χ1n) is 6.50. The van der Waals surface area contributed by atoms with E-state index >= 15 is 0 Å². The molecule has 2 aromatic rings. The Labute approximate surface area is 129 Å². The molecule has 0 spiro atoms. The van der Waals surface area contributed by atoms with Gasteiger partial charge in [-0.1, -0.05) is 18.2 Å². The van der Waals surface area contributed by atoms with Crippen LogP contribution in [0.4, 0.5) is 5.69 Å². The lowest BCUT2D eigenvalue weighted by Gasteiger charge is -2.08. The number of ether oxygens (including phenoxy) is 1. The van der Waals surface area contributed by atoms with Crippen LogP contribution in [0, 0.1) is 0 Å². The number of anilines is 1. The molecule has 0 radical (unpaired) electrons. The zero-order valence-corrected chi connectivity index (χ0v) is 12.8. The standard InChI is InChI=1S/C16H17N3OS/c1-12(13-8-10-15(20-2)11-9-13)18-19-16(21)17-14-6-4-3-5-7-14/h3-11H,1-2H3,(H2,17,19,21)/b18-12+. The van der Waals surface area contributed by atoms with E-state index in [1.807, 2.05) is 61.5 Å². The van der Waals surface area contributed by atoms with Gasteiger partial charge in [-0.15, -0.1) is 0 Å². The first-order valence-corrected chi connectivity index (χ1v) is 6.90. The minimum Gasteiger partial charge on any atom is -0.497 e. The summed E-state index contributed by atoms with van der Waals surface area (Å²) in [5, 5.41) is 7.78. The van der Waals surface area contributed by atoms with E-state index in [9.17, 15) is 0 Å². The molecule has 2 N–H and O–H groups in total. The van der Waals surface area contributed by atoms with E-state index in [-0.39, 0.29) is 0 Å². The molecule has 2 rings (SSSR count). The third kappa shape index (κ3) is 4.57. The Morgan fingerprint density at radius 2 is 1.71 bits per heavy atom. The number of para-hydroxylation sites is 1. The van der Waals surface area contributed by atoms with E-state index in [1.54, 1.807) is 7.11 Å². The van der Waals surface area contributed by atoms with Gasteiger partial charge in [0.15, 0.2) is 5.11 Å². The summed E-state index contributed by atoms with van der Waals surface area (Å²) in [6.07, 6.45) is 0. The first-order chi connectivity index (χ1) is 10.2. The molecule has 5 heteroatoms. The highest BCUT2D eigenvalue weighted by atomic mass is 32.1. The van der Waals surface area contributed by atoms with Crippen molar-refractivity contribution in [2.45, 2.75) is 6.92 Å². The molecule has 0 aromatic heterocycles. The lowest BCUT2D eigenvalue weighted by molar-refractivity contribution is 0.415. The highest BCUT2D eigenvalue weighted by molar-refractivity contribution is 7.80. The van der Waals surface area contributed by atoms with Gasteiger partial charge in [-0.05, 0) is 61.1 Å². The predicted molar refractivity (Wildman–Crippen MR) is 91.0 cm³/mol. The van der Waals surface area contributed by atoms with Crippen LogP contribution in [0.25, 0.3) is 0 Å². The van der Waals surface area contributed by atoms with Gasteiger partial charge in [-0.2, -0.15) is 5.10 Å². The van der Waals surface area contributed by atoms with Crippen molar-refractivity contribution in [1.82, 2.24) is 5.43 Å². The normalized spacial score (nSPS) is 10.9. The van der Waals surface area contributed by atoms with Gasteiger partial charge in [0.1, 0.15) is 5.75 Å². The summed E-state index contributed by atoms with van der Waals surface area (Å²) in [5.41, 5.74) is 5.61. The lowest BCUT2D eigenvalue weighted by atomic mass is 10.1. The van der Waals surface area contributed by atoms with E-state index in [1.165, 1.54) is 0 Å². The Kier molecular flexibility index (Phi) is 5.29. The third-order valence-corrected chi connectivity index (χ3v) is 3.06. The van der Waals surface area contributed by atoms with Crippen molar-refractivity contribution in [3.63, 3.8) is 0 Å². The molecule has 0 aliphatic rings. The SMILES string of the molecule is COc1ccc(/C(C)=N/NC(=S)Nc2ccccc2)cc1. The van der Waals surface area contributed by atoms with Gasteiger partial charge in [-0.25, -0.2) is 0 Å². The van der Waals surface area contributed by atoms with Crippen molar-refractivity contribution in [2.24, 2.45) is 5.10 Å². The summed E-state index contributed by atoms with van der Waals surface area (Å²) in [7, 11) is 1.64. The number of nitrogens with zero attached hydrogens (tertiary/aromatic N) is 1. The van der Waals surface area contributed by atoms with Crippen LogP contribution in [0.2, 0.25) is 0 Å². The van der Waals surface area contributed by atoms with Crippen LogP contribution in [0.5, 0.6) is 5.75 Å². The lowest BCUT2D eigenvalue weighted by Crippen LogP contribution is -2.24. The summed E-state index contributed by atoms with van der Waals surface area (Å²) in [5.74, 6) is 0.820. The number of thiocarbonyl (C=S) groups is 1. The number of nitrogens with one attached hydrogen (secondary N) is 2. The number of benzene rings is 2. The summed E-state index contributed by atoms with van der Waals surface area (Å²) < 4.78 is 5.13. The molecule has 0 aliphatic carbocycles. The average molecular weight is 299 g/mol. The Morgan fingerprint density at radius 3 is 2.33 bits per heavy atom. The maximum absolute atomic E-state index is 5.19. The molecule has 0 unspecified atom stereocenters. The molecule has 21 heavy (non-hydrogen) atoms. The molecule has 0 saturated carbocycles. The maximum Gasteiger partial charge on any atom is 0.191 e. The van der Waals surface area contributed by atoms with Gasteiger partial charge in [0, 0.05) is 5.69 Å². The van der Waals surface area contributed by atoms with Gasteiger partial charge in [0.2, 0.25) is 0 Å². The molecule has 108 valence electrons. The van der Waals surface area contributed by atoms with Crippen molar-refractivity contribution < 1.29 is 4.74 Å². The summed E-state index contributed by atoms with van der Waals surface area (Å²) >= 11 is 5.19. The fourth-order valence-corrected chi connectivity index (χ4v) is 1.88. The maximum atomic E-state index is 5.19. The van der Waals surface area contributed by atoms with Gasteiger partial charge in [0.25, 0.3) is 0 Å². The molecule has 0 amide bonds. The topological polar surface area (TPSA) is 45.6 Å². The number of hydrazone groups is 1. The van der Waals surface area contributed by atoms with Crippen molar-refractivity contribution in [2.75, 3.05) is 12.4 Å². The zero-order chi connectivity index (χ0) is 15.1. The molecule has 0 aliphatic heterocycles. The number of rotatable bonds is 4. The van der Waals surface area contributed by atoms with Crippen molar-refractivity contribution >= 4 is 28.7 Å². The van der Waals surface area contributed by atoms with Crippen molar-refractivity contribution in [3.8, 4) is 5.75 Å². The Hall–Kier alpha value is -2.40. The van der Waals surface area contributed by atoms with Crippen LogP contribution in [-0.2, 0) is 0 Å². The van der Waals surface area contributed by atoms with Crippen molar-refractivity contribution in [1.29, 1.82) is 0 Å². The van der Waals surface area contributed by atoms with Crippen LogP contribution in [0.3, 0.4) is 0 Å². The van der Waals surface area contributed by atoms with Crippen LogP contribution < -0.4 is 15.5 Å². The summed E-state index contributed by atoms with van der Waals surface area (Å²) in [6, 6.07) is 17.4. The number of hydrogen-bond acceptors (Lipinski definition) is 3. The van der Waals surface area contributed by atoms with E-state index in [0.29, 0.717) is 5.11 Å². The molecule has 0 atom stereocenters. The second kappa shape index (κ2) is 7.40. The summed E-state index contributed by atoms with van der Waals surface area (Å²) in [4.78, 5) is 0. The average Bonchev–Trinajstić information content (AvgIpc) is 2.53. The molecule has 0 fully saturated rings. The van der Waals surface area contributed by atoms with Gasteiger partial charge >= 0.3 is 0 Å². The highest BCUT2D eigenvalue weighted by Gasteiger charge is 1.99. The minimum atomic E-state index is 0.453. The van der Waals surface area contributed by atoms with Gasteiger partial charge in [-0.3, -0.25) is 5.43 Å². The van der Waals surface area contributed by atoms with E-state index in [0.717, 1.165) is 22.7 Å². The molecule has 0 bridgehead atoms. The van der Waals surface area contributed by atoms with Gasteiger partial charge in [0.05, 0.1) is 12.8 Å². The number of methoxy groups -OCH3 is 1. The van der Waals surface area contributed by atoms with Crippen molar-refractivity contribution in [3.05, 3.63) is 60.2 Å². The monoisotopic (exact) mass is 299 g/mol. The molecular formula is C16H17N3OS. The van der Waals surface area contributed by atoms with E-state index < -0.39 is 0 Å². The zero-order valence-electron chi connectivity index (χ0n) is 12.0. The number of hydrogen-bond donors (Lipinski definition) is 2. The van der Waals surface area contributed by atoms with E-state index in [2.05, 4.69) is 15.8 Å². The fourth-order valence-electron chi connectivity index (χ4n) is 1.71. The fraction of sp³-hybridized carbons (Fsp3) is 0.125. The minimum absolute atomic E-state index is 0.453. The predicted octanol–water partition coefficient (Wildman–Crippen LogP) is 3.41. The van der Waals surface area contributed by atoms with E-state index in [4.69, 9.17) is 17.0 Å². The molecule has 2 aromatic carbocycles. The Balaban J connectivity index is 1.94. The second-order valence-corrected chi connectivity index (χ2v) is 4.77. The Bertz CT molecular complexity index is 624. The molecule has 0 saturated heterocycles. The first kappa shape index (κ1) is 15.0. The Morgan fingerprint density at radius 1 is 1.05 bits per heavy atom. The second-order valence-electron chi connectivity index (χ2n) is 4.36. The van der Waals surface area contributed by atoms with Crippen LogP contribution in [-0.4, -0.2) is 17.9 Å². The quantitative estimate of drug-likeness (QED) is 0.516. The third-order valence-electron chi connectivity index (χ3n) is 2.86. The van der Waals surface area contributed by atoms with Crippen LogP contribution >= 0.6 is 12.2 Å². The highest BCUT2D eigenvalue weighted by Crippen LogP contribution is 2.11. The molecule has 4 nitrogen and oxygen atoms in total.